The molecule has 4 rings (SSSR count). The average molecular weight is 346 g/mol. The predicted molar refractivity (Wildman–Crippen MR) is 105 cm³/mol. The largest absolute Gasteiger partial charge is 0.497 e. The Hall–Kier alpha value is -2.52. The number of methoxy groups -OCH3 is 1. The van der Waals surface area contributed by atoms with Crippen molar-refractivity contribution in [3.8, 4) is 5.75 Å². The van der Waals surface area contributed by atoms with E-state index in [1.54, 1.807) is 7.11 Å². The fourth-order valence-corrected chi connectivity index (χ4v) is 3.45. The van der Waals surface area contributed by atoms with Crippen LogP contribution in [0.2, 0.25) is 0 Å². The highest BCUT2D eigenvalue weighted by Crippen LogP contribution is 2.30. The van der Waals surface area contributed by atoms with Crippen LogP contribution in [0.5, 0.6) is 5.75 Å². The minimum Gasteiger partial charge on any atom is -0.497 e. The maximum absolute atomic E-state index is 5.27. The number of ether oxygens (including phenoxy) is 1. The van der Waals surface area contributed by atoms with Crippen molar-refractivity contribution in [3.63, 3.8) is 0 Å². The zero-order valence-electron chi connectivity index (χ0n) is 15.3. The molecule has 1 aromatic heterocycles. The van der Waals surface area contributed by atoms with Gasteiger partial charge >= 0.3 is 0 Å². The van der Waals surface area contributed by atoms with Gasteiger partial charge in [-0.15, -0.1) is 0 Å². The van der Waals surface area contributed by atoms with Gasteiger partial charge in [0.05, 0.1) is 7.11 Å². The molecule has 0 atom stereocenters. The minimum absolute atomic E-state index is 0.720. The molecule has 1 fully saturated rings. The van der Waals surface area contributed by atoms with E-state index in [0.717, 1.165) is 31.4 Å². The molecular formula is C23H26N2O. The van der Waals surface area contributed by atoms with Gasteiger partial charge in [-0.1, -0.05) is 42.5 Å². The third-order valence-electron chi connectivity index (χ3n) is 5.09. The van der Waals surface area contributed by atoms with Gasteiger partial charge in [0.15, 0.2) is 0 Å². The molecule has 1 heterocycles. The highest BCUT2D eigenvalue weighted by molar-refractivity contribution is 5.27. The molecular weight excluding hydrogens is 320 g/mol. The van der Waals surface area contributed by atoms with Gasteiger partial charge in [0.25, 0.3) is 0 Å². The molecule has 3 aromatic rings. The summed E-state index contributed by atoms with van der Waals surface area (Å²) in [5.41, 5.74) is 4.08. The molecule has 0 bridgehead atoms. The molecule has 1 saturated carbocycles. The molecule has 0 N–H and O–H groups in total. The highest BCUT2D eigenvalue weighted by atomic mass is 16.5. The topological polar surface area (TPSA) is 17.4 Å². The standard InChI is InChI=1S/C23H26N2O/c1-26-23-13-9-20(10-14-23)17-25(21-11-12-21)18-22-8-5-15-24(22)16-19-6-3-2-4-7-19/h2-10,13-15,21H,11-12,16-18H2,1H3. The van der Waals surface area contributed by atoms with Crippen molar-refractivity contribution in [2.24, 2.45) is 0 Å². The van der Waals surface area contributed by atoms with Crippen molar-refractivity contribution < 1.29 is 4.74 Å². The van der Waals surface area contributed by atoms with E-state index >= 15 is 0 Å². The highest BCUT2D eigenvalue weighted by Gasteiger charge is 2.29. The Balaban J connectivity index is 1.46. The Kier molecular flexibility index (Phi) is 5.07. The summed E-state index contributed by atoms with van der Waals surface area (Å²) in [4.78, 5) is 2.61. The Bertz CT molecular complexity index is 819. The van der Waals surface area contributed by atoms with Crippen molar-refractivity contribution in [1.82, 2.24) is 9.47 Å². The first-order valence-corrected chi connectivity index (χ1v) is 9.37. The minimum atomic E-state index is 0.720. The summed E-state index contributed by atoms with van der Waals surface area (Å²) in [5.74, 6) is 0.920. The smallest absolute Gasteiger partial charge is 0.118 e. The number of benzene rings is 2. The molecule has 1 aliphatic carbocycles. The van der Waals surface area contributed by atoms with E-state index in [9.17, 15) is 0 Å². The number of hydrogen-bond donors (Lipinski definition) is 0. The fraction of sp³-hybridized carbons (Fsp3) is 0.304. The summed E-state index contributed by atoms with van der Waals surface area (Å²) >= 11 is 0. The summed E-state index contributed by atoms with van der Waals surface area (Å²) in [7, 11) is 1.71. The lowest BCUT2D eigenvalue weighted by atomic mass is 10.2. The van der Waals surface area contributed by atoms with Crippen LogP contribution < -0.4 is 4.74 Å². The van der Waals surface area contributed by atoms with E-state index in [1.165, 1.54) is 29.7 Å². The van der Waals surface area contributed by atoms with Gasteiger partial charge in [-0.25, -0.2) is 0 Å². The van der Waals surface area contributed by atoms with Gasteiger partial charge in [-0.2, -0.15) is 0 Å². The number of hydrogen-bond acceptors (Lipinski definition) is 2. The van der Waals surface area contributed by atoms with E-state index in [2.05, 4.69) is 82.4 Å². The van der Waals surface area contributed by atoms with E-state index in [1.807, 2.05) is 0 Å². The molecule has 3 nitrogen and oxygen atoms in total. The Morgan fingerprint density at radius 2 is 1.65 bits per heavy atom. The number of nitrogens with zero attached hydrogens (tertiary/aromatic N) is 2. The summed E-state index contributed by atoms with van der Waals surface area (Å²) in [6.45, 7) is 2.92. The maximum atomic E-state index is 5.27. The molecule has 1 aliphatic rings. The van der Waals surface area contributed by atoms with Crippen LogP contribution in [0.25, 0.3) is 0 Å². The molecule has 0 amide bonds. The zero-order valence-corrected chi connectivity index (χ0v) is 15.3. The number of aromatic nitrogens is 1. The van der Waals surface area contributed by atoms with Gasteiger partial charge < -0.3 is 9.30 Å². The molecule has 0 radical (unpaired) electrons. The van der Waals surface area contributed by atoms with Gasteiger partial charge in [-0.3, -0.25) is 4.90 Å². The summed E-state index contributed by atoms with van der Waals surface area (Å²) in [5, 5.41) is 0. The van der Waals surface area contributed by atoms with Crippen molar-refractivity contribution in [2.75, 3.05) is 7.11 Å². The van der Waals surface area contributed by atoms with Crippen molar-refractivity contribution in [2.45, 2.75) is 38.5 Å². The van der Waals surface area contributed by atoms with Gasteiger partial charge in [-0.05, 0) is 48.2 Å². The fourth-order valence-electron chi connectivity index (χ4n) is 3.45. The van der Waals surface area contributed by atoms with Crippen LogP contribution >= 0.6 is 0 Å². The third kappa shape index (κ3) is 4.17. The monoisotopic (exact) mass is 346 g/mol. The lowest BCUT2D eigenvalue weighted by Crippen LogP contribution is -2.26. The predicted octanol–water partition coefficient (Wildman–Crippen LogP) is 4.71. The van der Waals surface area contributed by atoms with Gasteiger partial charge in [0.2, 0.25) is 0 Å². The first kappa shape index (κ1) is 16.9. The first-order chi connectivity index (χ1) is 12.8. The van der Waals surface area contributed by atoms with Gasteiger partial charge in [0, 0.05) is 37.6 Å². The third-order valence-corrected chi connectivity index (χ3v) is 5.09. The van der Waals surface area contributed by atoms with E-state index in [0.29, 0.717) is 0 Å². The zero-order chi connectivity index (χ0) is 17.8. The van der Waals surface area contributed by atoms with Crippen LogP contribution in [-0.2, 0) is 19.6 Å². The Morgan fingerprint density at radius 1 is 0.885 bits per heavy atom. The van der Waals surface area contributed by atoms with Crippen LogP contribution in [0.3, 0.4) is 0 Å². The van der Waals surface area contributed by atoms with Crippen LogP contribution in [0.15, 0.2) is 72.9 Å². The number of rotatable bonds is 8. The van der Waals surface area contributed by atoms with Crippen molar-refractivity contribution in [3.05, 3.63) is 89.7 Å². The Labute approximate surface area is 155 Å². The van der Waals surface area contributed by atoms with Gasteiger partial charge in [0.1, 0.15) is 5.75 Å². The van der Waals surface area contributed by atoms with Crippen molar-refractivity contribution in [1.29, 1.82) is 0 Å². The second-order valence-electron chi connectivity index (χ2n) is 7.10. The molecule has 0 unspecified atom stereocenters. The molecule has 26 heavy (non-hydrogen) atoms. The van der Waals surface area contributed by atoms with Crippen LogP contribution in [0.4, 0.5) is 0 Å². The molecule has 0 saturated heterocycles. The molecule has 0 aliphatic heterocycles. The summed E-state index contributed by atoms with van der Waals surface area (Å²) in [6.07, 6.45) is 4.83. The average Bonchev–Trinajstić information content (AvgIpc) is 3.45. The summed E-state index contributed by atoms with van der Waals surface area (Å²) in [6, 6.07) is 24.3. The van der Waals surface area contributed by atoms with E-state index in [4.69, 9.17) is 4.74 Å². The van der Waals surface area contributed by atoms with Crippen molar-refractivity contribution >= 4 is 0 Å². The quantitative estimate of drug-likeness (QED) is 0.588. The lowest BCUT2D eigenvalue weighted by molar-refractivity contribution is 0.239. The molecule has 3 heteroatoms. The maximum Gasteiger partial charge on any atom is 0.118 e. The first-order valence-electron chi connectivity index (χ1n) is 9.37. The normalized spacial score (nSPS) is 13.9. The lowest BCUT2D eigenvalue weighted by Gasteiger charge is -2.23. The molecule has 2 aromatic carbocycles. The summed E-state index contributed by atoms with van der Waals surface area (Å²) < 4.78 is 7.65. The second-order valence-corrected chi connectivity index (χ2v) is 7.10. The van der Waals surface area contributed by atoms with Crippen LogP contribution in [-0.4, -0.2) is 22.6 Å². The van der Waals surface area contributed by atoms with E-state index < -0.39 is 0 Å². The second kappa shape index (κ2) is 7.79. The van der Waals surface area contributed by atoms with Crippen LogP contribution in [0, 0.1) is 0 Å². The van der Waals surface area contributed by atoms with E-state index in [-0.39, 0.29) is 0 Å². The molecule has 0 spiro atoms. The SMILES string of the molecule is COc1ccc(CN(Cc2cccn2Cc2ccccc2)C2CC2)cc1. The molecule has 134 valence electrons. The Morgan fingerprint density at radius 3 is 2.35 bits per heavy atom. The van der Waals surface area contributed by atoms with Crippen LogP contribution in [0.1, 0.15) is 29.7 Å².